The van der Waals surface area contributed by atoms with E-state index in [1.807, 2.05) is 19.2 Å². The minimum atomic E-state index is -0.284. The Hall–Kier alpha value is -3.61. The smallest absolute Gasteiger partial charge is 0.259 e. The summed E-state index contributed by atoms with van der Waals surface area (Å²) in [6.07, 6.45) is 3.80. The maximum Gasteiger partial charge on any atom is 0.259 e. The Morgan fingerprint density at radius 3 is 2.54 bits per heavy atom. The number of nitrogens with zero attached hydrogens (tertiary/aromatic N) is 2. The van der Waals surface area contributed by atoms with Crippen LogP contribution in [0.25, 0.3) is 0 Å². The summed E-state index contributed by atoms with van der Waals surface area (Å²) in [5, 5.41) is 9.82. The molecule has 0 aliphatic heterocycles. The van der Waals surface area contributed by atoms with Crippen molar-refractivity contribution in [2.75, 3.05) is 17.7 Å². The lowest BCUT2D eigenvalue weighted by Crippen LogP contribution is -2.18. The Kier molecular flexibility index (Phi) is 6.06. The molecule has 0 bridgehead atoms. The zero-order valence-electron chi connectivity index (χ0n) is 15.8. The van der Waals surface area contributed by atoms with E-state index < -0.39 is 0 Å². The molecule has 28 heavy (non-hydrogen) atoms. The van der Waals surface area contributed by atoms with Gasteiger partial charge in [-0.15, -0.1) is 0 Å². The van der Waals surface area contributed by atoms with Crippen LogP contribution in [-0.4, -0.2) is 28.7 Å². The minimum absolute atomic E-state index is 0.0524. The van der Waals surface area contributed by atoms with E-state index in [0.717, 1.165) is 0 Å². The highest BCUT2D eigenvalue weighted by Gasteiger charge is 2.13. The van der Waals surface area contributed by atoms with Crippen LogP contribution >= 0.6 is 0 Å². The van der Waals surface area contributed by atoms with E-state index in [0.29, 0.717) is 29.1 Å². The van der Waals surface area contributed by atoms with Gasteiger partial charge in [-0.3, -0.25) is 14.3 Å². The quantitative estimate of drug-likeness (QED) is 0.656. The fourth-order valence-electron chi connectivity index (χ4n) is 2.82. The molecule has 0 radical (unpaired) electrons. The van der Waals surface area contributed by atoms with Crippen LogP contribution in [0.15, 0.2) is 67.0 Å². The number of methoxy groups -OCH3 is 1. The number of nitrogens with one attached hydrogen (secondary N) is 2. The number of aromatic nitrogens is 2. The molecule has 0 saturated heterocycles. The van der Waals surface area contributed by atoms with Gasteiger partial charge < -0.3 is 15.4 Å². The zero-order valence-corrected chi connectivity index (χ0v) is 15.8. The van der Waals surface area contributed by atoms with Crippen molar-refractivity contribution in [2.24, 2.45) is 0 Å². The molecule has 144 valence electrons. The van der Waals surface area contributed by atoms with Gasteiger partial charge in [0.15, 0.2) is 0 Å². The SMILES string of the molecule is COc1ccccc1C(=O)Nc1cccc(NC(=O)C[C@@H](C)n2cccn2)c1. The van der Waals surface area contributed by atoms with Crippen molar-refractivity contribution in [2.45, 2.75) is 19.4 Å². The van der Waals surface area contributed by atoms with Gasteiger partial charge in [-0.05, 0) is 43.3 Å². The van der Waals surface area contributed by atoms with Crippen LogP contribution in [0, 0.1) is 0 Å². The summed E-state index contributed by atoms with van der Waals surface area (Å²) in [6, 6.07) is 15.8. The minimum Gasteiger partial charge on any atom is -0.496 e. The van der Waals surface area contributed by atoms with Crippen LogP contribution in [0.4, 0.5) is 11.4 Å². The largest absolute Gasteiger partial charge is 0.496 e. The van der Waals surface area contributed by atoms with E-state index in [1.165, 1.54) is 7.11 Å². The van der Waals surface area contributed by atoms with E-state index >= 15 is 0 Å². The molecule has 7 heteroatoms. The van der Waals surface area contributed by atoms with Gasteiger partial charge in [-0.2, -0.15) is 5.10 Å². The number of hydrogen-bond acceptors (Lipinski definition) is 4. The molecule has 1 atom stereocenters. The molecule has 0 aliphatic rings. The summed E-state index contributed by atoms with van der Waals surface area (Å²) in [6.45, 7) is 1.93. The van der Waals surface area contributed by atoms with Gasteiger partial charge in [0.1, 0.15) is 5.75 Å². The Morgan fingerprint density at radius 1 is 1.07 bits per heavy atom. The molecule has 3 aromatic rings. The van der Waals surface area contributed by atoms with Crippen molar-refractivity contribution in [1.82, 2.24) is 9.78 Å². The molecule has 2 aromatic carbocycles. The summed E-state index contributed by atoms with van der Waals surface area (Å²) in [5.41, 5.74) is 1.62. The Labute approximate surface area is 163 Å². The summed E-state index contributed by atoms with van der Waals surface area (Å²) in [7, 11) is 1.52. The van der Waals surface area contributed by atoms with Crippen molar-refractivity contribution in [3.05, 3.63) is 72.6 Å². The molecule has 7 nitrogen and oxygen atoms in total. The maximum atomic E-state index is 12.5. The van der Waals surface area contributed by atoms with Crippen molar-refractivity contribution in [3.8, 4) is 5.75 Å². The Morgan fingerprint density at radius 2 is 1.82 bits per heavy atom. The number of anilines is 2. The van der Waals surface area contributed by atoms with Crippen molar-refractivity contribution in [1.29, 1.82) is 0 Å². The molecular formula is C21H22N4O3. The number of carbonyl (C=O) groups excluding carboxylic acids is 2. The number of ether oxygens (including phenoxy) is 1. The Balaban J connectivity index is 1.63. The van der Waals surface area contributed by atoms with Crippen LogP contribution in [0.2, 0.25) is 0 Å². The standard InChI is InChI=1S/C21H22N4O3/c1-15(25-12-6-11-22-25)13-20(26)23-16-7-5-8-17(14-16)24-21(27)18-9-3-4-10-19(18)28-2/h3-12,14-15H,13H2,1-2H3,(H,23,26)(H,24,27)/t15-/m1/s1. The monoisotopic (exact) mass is 378 g/mol. The summed E-state index contributed by atoms with van der Waals surface area (Å²) in [5.74, 6) is 0.0847. The highest BCUT2D eigenvalue weighted by atomic mass is 16.5. The topological polar surface area (TPSA) is 85.3 Å². The third-order valence-corrected chi connectivity index (χ3v) is 4.21. The first-order valence-electron chi connectivity index (χ1n) is 8.90. The first kappa shape index (κ1) is 19.2. The first-order valence-corrected chi connectivity index (χ1v) is 8.90. The maximum absolute atomic E-state index is 12.5. The van der Waals surface area contributed by atoms with Crippen molar-refractivity contribution < 1.29 is 14.3 Å². The number of amides is 2. The van der Waals surface area contributed by atoms with Crippen molar-refractivity contribution >= 4 is 23.2 Å². The lowest BCUT2D eigenvalue weighted by molar-refractivity contribution is -0.116. The van der Waals surface area contributed by atoms with Gasteiger partial charge in [0.05, 0.1) is 18.7 Å². The lowest BCUT2D eigenvalue weighted by atomic mass is 10.1. The van der Waals surface area contributed by atoms with Crippen LogP contribution in [0.1, 0.15) is 29.7 Å². The zero-order chi connectivity index (χ0) is 19.9. The van der Waals surface area contributed by atoms with Gasteiger partial charge >= 0.3 is 0 Å². The van der Waals surface area contributed by atoms with Crippen LogP contribution in [0.5, 0.6) is 5.75 Å². The van der Waals surface area contributed by atoms with Gasteiger partial charge in [-0.1, -0.05) is 18.2 Å². The average molecular weight is 378 g/mol. The second-order valence-electron chi connectivity index (χ2n) is 6.32. The molecule has 0 aliphatic carbocycles. The normalized spacial score (nSPS) is 11.5. The van der Waals surface area contributed by atoms with Crippen LogP contribution < -0.4 is 15.4 Å². The van der Waals surface area contributed by atoms with Crippen molar-refractivity contribution in [3.63, 3.8) is 0 Å². The number of rotatable bonds is 7. The van der Waals surface area contributed by atoms with E-state index in [-0.39, 0.29) is 17.9 Å². The molecule has 0 unspecified atom stereocenters. The number of para-hydroxylation sites is 1. The fraction of sp³-hybridized carbons (Fsp3) is 0.190. The highest BCUT2D eigenvalue weighted by Crippen LogP contribution is 2.21. The molecule has 3 rings (SSSR count). The van der Waals surface area contributed by atoms with Gasteiger partial charge in [-0.25, -0.2) is 0 Å². The van der Waals surface area contributed by atoms with Gasteiger partial charge in [0.2, 0.25) is 5.91 Å². The predicted molar refractivity (Wildman–Crippen MR) is 108 cm³/mol. The van der Waals surface area contributed by atoms with Gasteiger partial charge in [0.25, 0.3) is 5.91 Å². The molecule has 0 spiro atoms. The number of hydrogen-bond donors (Lipinski definition) is 2. The molecule has 2 amide bonds. The van der Waals surface area contributed by atoms with E-state index in [2.05, 4.69) is 15.7 Å². The molecule has 2 N–H and O–H groups in total. The number of carbonyl (C=O) groups is 2. The second-order valence-corrected chi connectivity index (χ2v) is 6.32. The van der Waals surface area contributed by atoms with E-state index in [1.54, 1.807) is 59.4 Å². The first-order chi connectivity index (χ1) is 13.6. The summed E-state index contributed by atoms with van der Waals surface area (Å²) < 4.78 is 6.96. The Bertz CT molecular complexity index is 954. The third kappa shape index (κ3) is 4.76. The number of benzene rings is 2. The molecule has 1 heterocycles. The molecular weight excluding hydrogens is 356 g/mol. The third-order valence-electron chi connectivity index (χ3n) is 4.21. The molecule has 0 fully saturated rings. The fourth-order valence-corrected chi connectivity index (χ4v) is 2.82. The van der Waals surface area contributed by atoms with E-state index in [4.69, 9.17) is 4.74 Å². The predicted octanol–water partition coefficient (Wildman–Crippen LogP) is 3.73. The van der Waals surface area contributed by atoms with Gasteiger partial charge in [0, 0.05) is 30.2 Å². The van der Waals surface area contributed by atoms with Crippen LogP contribution in [0.3, 0.4) is 0 Å². The van der Waals surface area contributed by atoms with E-state index in [9.17, 15) is 9.59 Å². The molecule has 1 aromatic heterocycles. The second kappa shape index (κ2) is 8.85. The summed E-state index contributed by atoms with van der Waals surface area (Å²) >= 11 is 0. The lowest BCUT2D eigenvalue weighted by Gasteiger charge is -2.13. The highest BCUT2D eigenvalue weighted by molar-refractivity contribution is 6.06. The molecule has 0 saturated carbocycles. The van der Waals surface area contributed by atoms with Crippen LogP contribution in [-0.2, 0) is 4.79 Å². The average Bonchev–Trinajstić information content (AvgIpc) is 3.23. The summed E-state index contributed by atoms with van der Waals surface area (Å²) in [4.78, 5) is 24.8.